The van der Waals surface area contributed by atoms with E-state index in [0.717, 1.165) is 24.0 Å². The van der Waals surface area contributed by atoms with E-state index in [0.29, 0.717) is 24.2 Å². The second kappa shape index (κ2) is 6.78. The van der Waals surface area contributed by atoms with Crippen LogP contribution in [-0.2, 0) is 0 Å². The van der Waals surface area contributed by atoms with E-state index in [9.17, 15) is 20.0 Å². The lowest BCUT2D eigenvalue weighted by molar-refractivity contribution is 0.0696. The fourth-order valence-corrected chi connectivity index (χ4v) is 3.12. The van der Waals surface area contributed by atoms with Crippen molar-refractivity contribution in [1.29, 1.82) is 5.26 Å². The van der Waals surface area contributed by atoms with Gasteiger partial charge in [0.15, 0.2) is 0 Å². The van der Waals surface area contributed by atoms with E-state index in [1.54, 1.807) is 11.0 Å². The van der Waals surface area contributed by atoms with Crippen molar-refractivity contribution in [2.24, 2.45) is 0 Å². The van der Waals surface area contributed by atoms with Crippen LogP contribution in [0.15, 0.2) is 36.4 Å². The van der Waals surface area contributed by atoms with Crippen LogP contribution in [0.1, 0.15) is 44.7 Å². The molecule has 1 N–H and O–H groups in total. The summed E-state index contributed by atoms with van der Waals surface area (Å²) >= 11 is 0. The Hall–Kier alpha value is -3.13. The van der Waals surface area contributed by atoms with Gasteiger partial charge in [0.2, 0.25) is 0 Å². The molecule has 2 aromatic carbocycles. The number of benzene rings is 2. The Morgan fingerprint density at radius 2 is 1.76 bits per heavy atom. The highest BCUT2D eigenvalue weighted by atomic mass is 16.4. The number of hydrogen-bond acceptors (Lipinski definition) is 3. The molecule has 1 fully saturated rings. The third-order valence-corrected chi connectivity index (χ3v) is 4.48. The van der Waals surface area contributed by atoms with Crippen molar-refractivity contribution in [1.82, 2.24) is 4.90 Å². The maximum Gasteiger partial charge on any atom is 0.337 e. The van der Waals surface area contributed by atoms with Gasteiger partial charge in [-0.25, -0.2) is 4.79 Å². The zero-order valence-electron chi connectivity index (χ0n) is 14.0. The third kappa shape index (κ3) is 3.24. The molecule has 1 heterocycles. The monoisotopic (exact) mass is 334 g/mol. The Morgan fingerprint density at radius 3 is 2.32 bits per heavy atom. The number of carbonyl (C=O) groups is 2. The number of amides is 1. The van der Waals surface area contributed by atoms with Crippen LogP contribution >= 0.6 is 0 Å². The second-order valence-electron chi connectivity index (χ2n) is 6.23. The Bertz CT molecular complexity index is 873. The van der Waals surface area contributed by atoms with Crippen molar-refractivity contribution in [3.05, 3.63) is 58.7 Å². The average molecular weight is 334 g/mol. The van der Waals surface area contributed by atoms with Crippen molar-refractivity contribution < 1.29 is 14.7 Å². The third-order valence-electron chi connectivity index (χ3n) is 4.48. The summed E-state index contributed by atoms with van der Waals surface area (Å²) in [4.78, 5) is 26.1. The van der Waals surface area contributed by atoms with Gasteiger partial charge < -0.3 is 10.0 Å². The van der Waals surface area contributed by atoms with Crippen LogP contribution in [0.5, 0.6) is 0 Å². The number of carbonyl (C=O) groups excluding carboxylic acids is 1. The minimum Gasteiger partial charge on any atom is -0.478 e. The van der Waals surface area contributed by atoms with E-state index in [4.69, 9.17) is 0 Å². The Kier molecular flexibility index (Phi) is 4.53. The van der Waals surface area contributed by atoms with Crippen LogP contribution in [0.3, 0.4) is 0 Å². The molecule has 1 amide bonds. The molecule has 1 aliphatic heterocycles. The lowest BCUT2D eigenvalue weighted by Gasteiger charge is -2.17. The van der Waals surface area contributed by atoms with Gasteiger partial charge in [-0.3, -0.25) is 4.79 Å². The van der Waals surface area contributed by atoms with Gasteiger partial charge in [-0.15, -0.1) is 0 Å². The Labute approximate surface area is 146 Å². The summed E-state index contributed by atoms with van der Waals surface area (Å²) < 4.78 is 0. The zero-order chi connectivity index (χ0) is 18.0. The minimum atomic E-state index is -1.21. The summed E-state index contributed by atoms with van der Waals surface area (Å²) in [6, 6.07) is 12.4. The van der Waals surface area contributed by atoms with Gasteiger partial charge in [0.25, 0.3) is 5.91 Å². The maximum absolute atomic E-state index is 12.7. The van der Waals surface area contributed by atoms with Crippen LogP contribution in [-0.4, -0.2) is 35.0 Å². The number of rotatable bonds is 3. The zero-order valence-corrected chi connectivity index (χ0v) is 14.0. The topological polar surface area (TPSA) is 81.4 Å². The number of nitrogens with zero attached hydrogens (tertiary/aromatic N) is 2. The van der Waals surface area contributed by atoms with Gasteiger partial charge in [-0.2, -0.15) is 5.26 Å². The quantitative estimate of drug-likeness (QED) is 0.932. The molecule has 0 aromatic heterocycles. The van der Waals surface area contributed by atoms with E-state index in [1.807, 2.05) is 37.3 Å². The van der Waals surface area contributed by atoms with Gasteiger partial charge >= 0.3 is 5.97 Å². The van der Waals surface area contributed by atoms with Crippen molar-refractivity contribution >= 4 is 11.9 Å². The highest BCUT2D eigenvalue weighted by Crippen LogP contribution is 2.29. The van der Waals surface area contributed by atoms with Crippen molar-refractivity contribution in [2.75, 3.05) is 13.1 Å². The molecular weight excluding hydrogens is 316 g/mol. The first-order chi connectivity index (χ1) is 12.0. The largest absolute Gasteiger partial charge is 0.478 e. The fraction of sp³-hybridized carbons (Fsp3) is 0.250. The van der Waals surface area contributed by atoms with Crippen molar-refractivity contribution in [3.63, 3.8) is 0 Å². The standard InChI is InChI=1S/C20H18N2O3/c1-13-4-6-14(7-5-13)16-10-15(19(23)22-8-2-3-9-22)11-17(20(24)25)18(16)12-21/h4-7,10-11H,2-3,8-9H2,1H3,(H,24,25). The molecule has 126 valence electrons. The Balaban J connectivity index is 2.18. The summed E-state index contributed by atoms with van der Waals surface area (Å²) in [6.07, 6.45) is 1.91. The predicted octanol–water partition coefficient (Wildman–Crippen LogP) is 3.47. The van der Waals surface area contributed by atoms with Gasteiger partial charge in [-0.05, 0) is 37.5 Å². The van der Waals surface area contributed by atoms with Gasteiger partial charge in [0.1, 0.15) is 6.07 Å². The number of aromatic carboxylic acids is 1. The molecule has 3 rings (SSSR count). The molecule has 0 spiro atoms. The lowest BCUT2D eigenvalue weighted by atomic mass is 9.92. The summed E-state index contributed by atoms with van der Waals surface area (Å²) in [5.74, 6) is -1.39. The number of aryl methyl sites for hydroxylation is 1. The van der Waals surface area contributed by atoms with E-state index in [2.05, 4.69) is 0 Å². The Morgan fingerprint density at radius 1 is 1.12 bits per heavy atom. The highest BCUT2D eigenvalue weighted by molar-refractivity contribution is 6.01. The van der Waals surface area contributed by atoms with Crippen LogP contribution in [0.2, 0.25) is 0 Å². The molecule has 1 aliphatic rings. The van der Waals surface area contributed by atoms with Gasteiger partial charge in [0, 0.05) is 24.2 Å². The molecule has 0 atom stereocenters. The molecule has 0 unspecified atom stereocenters. The molecule has 2 aromatic rings. The van der Waals surface area contributed by atoms with Gasteiger partial charge in [0.05, 0.1) is 11.1 Å². The molecule has 5 nitrogen and oxygen atoms in total. The molecular formula is C20H18N2O3. The number of carboxylic acid groups (broad SMARTS) is 1. The van der Waals surface area contributed by atoms with E-state index < -0.39 is 5.97 Å². The summed E-state index contributed by atoms with van der Waals surface area (Å²) in [7, 11) is 0. The average Bonchev–Trinajstić information content (AvgIpc) is 3.15. The van der Waals surface area contributed by atoms with Crippen LogP contribution in [0, 0.1) is 18.3 Å². The second-order valence-corrected chi connectivity index (χ2v) is 6.23. The molecule has 0 saturated carbocycles. The van der Waals surface area contributed by atoms with Crippen LogP contribution < -0.4 is 0 Å². The SMILES string of the molecule is Cc1ccc(-c2cc(C(=O)N3CCCC3)cc(C(=O)O)c2C#N)cc1. The van der Waals surface area contributed by atoms with E-state index >= 15 is 0 Å². The predicted molar refractivity (Wildman–Crippen MR) is 93.4 cm³/mol. The first-order valence-electron chi connectivity index (χ1n) is 8.19. The molecule has 25 heavy (non-hydrogen) atoms. The maximum atomic E-state index is 12.7. The molecule has 1 saturated heterocycles. The first kappa shape index (κ1) is 16.7. The van der Waals surface area contributed by atoms with Gasteiger partial charge in [-0.1, -0.05) is 29.8 Å². The normalized spacial score (nSPS) is 13.5. The number of nitriles is 1. The fourth-order valence-electron chi connectivity index (χ4n) is 3.12. The lowest BCUT2D eigenvalue weighted by Crippen LogP contribution is -2.28. The summed E-state index contributed by atoms with van der Waals surface area (Å²) in [5, 5.41) is 19.0. The van der Waals surface area contributed by atoms with E-state index in [1.165, 1.54) is 6.07 Å². The molecule has 0 aliphatic carbocycles. The van der Waals surface area contributed by atoms with Crippen molar-refractivity contribution in [2.45, 2.75) is 19.8 Å². The first-order valence-corrected chi connectivity index (χ1v) is 8.19. The van der Waals surface area contributed by atoms with Crippen LogP contribution in [0.25, 0.3) is 11.1 Å². The summed E-state index contributed by atoms with van der Waals surface area (Å²) in [6.45, 7) is 3.31. The smallest absolute Gasteiger partial charge is 0.337 e. The van der Waals surface area contributed by atoms with Crippen molar-refractivity contribution in [3.8, 4) is 17.2 Å². The molecule has 5 heteroatoms. The number of carboxylic acids is 1. The number of hydrogen-bond donors (Lipinski definition) is 1. The molecule has 0 radical (unpaired) electrons. The minimum absolute atomic E-state index is 0.0781. The highest BCUT2D eigenvalue weighted by Gasteiger charge is 2.24. The number of likely N-dealkylation sites (tertiary alicyclic amines) is 1. The summed E-state index contributed by atoms with van der Waals surface area (Å²) in [5.41, 5.74) is 2.52. The van der Waals surface area contributed by atoms with E-state index in [-0.39, 0.29) is 17.0 Å². The van der Waals surface area contributed by atoms with Crippen LogP contribution in [0.4, 0.5) is 0 Å². The molecule has 0 bridgehead atoms.